The van der Waals surface area contributed by atoms with Crippen LogP contribution in [0, 0.1) is 13.8 Å². The standard InChI is InChI=1S/C19H25N3O4/c1-14-10-17(15(2)25-14)18(23)21-8-9-24-13-19(12-21)5-4-16(26-19)11-22-7-3-6-20-22/h3,6-7,10,16H,4-5,8-9,11-13H2,1-2H3. The highest BCUT2D eigenvalue weighted by Gasteiger charge is 2.44. The molecule has 7 heteroatoms. The Morgan fingerprint density at radius 2 is 2.31 bits per heavy atom. The molecule has 4 rings (SSSR count). The molecule has 2 atom stereocenters. The van der Waals surface area contributed by atoms with Crippen LogP contribution in [-0.2, 0) is 16.0 Å². The first-order valence-corrected chi connectivity index (χ1v) is 9.14. The maximum Gasteiger partial charge on any atom is 0.257 e. The minimum absolute atomic E-state index is 0.0108. The number of nitrogens with zero attached hydrogens (tertiary/aromatic N) is 3. The zero-order valence-corrected chi connectivity index (χ0v) is 15.3. The molecule has 0 saturated carbocycles. The first kappa shape index (κ1) is 17.3. The molecule has 0 radical (unpaired) electrons. The fourth-order valence-corrected chi connectivity index (χ4v) is 3.96. The molecule has 26 heavy (non-hydrogen) atoms. The monoisotopic (exact) mass is 359 g/mol. The molecular weight excluding hydrogens is 334 g/mol. The molecule has 2 aliphatic rings. The summed E-state index contributed by atoms with van der Waals surface area (Å²) in [6, 6.07) is 3.72. The summed E-state index contributed by atoms with van der Waals surface area (Å²) in [5.74, 6) is 1.40. The highest BCUT2D eigenvalue weighted by Crippen LogP contribution is 2.34. The molecule has 0 aliphatic carbocycles. The molecule has 2 aromatic rings. The highest BCUT2D eigenvalue weighted by atomic mass is 16.6. The molecular formula is C19H25N3O4. The summed E-state index contributed by atoms with van der Waals surface area (Å²) in [6.45, 7) is 6.57. The van der Waals surface area contributed by atoms with Crippen LogP contribution >= 0.6 is 0 Å². The summed E-state index contributed by atoms with van der Waals surface area (Å²) >= 11 is 0. The maximum absolute atomic E-state index is 13.0. The van der Waals surface area contributed by atoms with E-state index in [0.29, 0.717) is 37.6 Å². The van der Waals surface area contributed by atoms with Crippen molar-refractivity contribution in [2.24, 2.45) is 0 Å². The number of aryl methyl sites for hydroxylation is 2. The van der Waals surface area contributed by atoms with Crippen molar-refractivity contribution in [2.75, 3.05) is 26.3 Å². The minimum atomic E-state index is -0.434. The van der Waals surface area contributed by atoms with Gasteiger partial charge in [0, 0.05) is 18.9 Å². The van der Waals surface area contributed by atoms with Gasteiger partial charge in [0.15, 0.2) is 0 Å². The molecule has 2 aromatic heterocycles. The van der Waals surface area contributed by atoms with Gasteiger partial charge >= 0.3 is 0 Å². The van der Waals surface area contributed by atoms with Crippen LogP contribution in [0.5, 0.6) is 0 Å². The molecule has 7 nitrogen and oxygen atoms in total. The lowest BCUT2D eigenvalue weighted by atomic mass is 9.99. The zero-order chi connectivity index (χ0) is 18.1. The van der Waals surface area contributed by atoms with E-state index in [1.807, 2.05) is 41.8 Å². The third-order valence-corrected chi connectivity index (χ3v) is 5.20. The van der Waals surface area contributed by atoms with Crippen LogP contribution < -0.4 is 0 Å². The van der Waals surface area contributed by atoms with Gasteiger partial charge in [-0.3, -0.25) is 9.48 Å². The Morgan fingerprint density at radius 3 is 3.04 bits per heavy atom. The van der Waals surface area contributed by atoms with Gasteiger partial charge in [-0.1, -0.05) is 0 Å². The van der Waals surface area contributed by atoms with Crippen molar-refractivity contribution < 1.29 is 18.7 Å². The van der Waals surface area contributed by atoms with E-state index in [9.17, 15) is 4.79 Å². The van der Waals surface area contributed by atoms with E-state index in [2.05, 4.69) is 5.10 Å². The van der Waals surface area contributed by atoms with Gasteiger partial charge in [0.25, 0.3) is 5.91 Å². The number of furan rings is 1. The van der Waals surface area contributed by atoms with Crippen molar-refractivity contribution in [3.63, 3.8) is 0 Å². The van der Waals surface area contributed by atoms with E-state index < -0.39 is 5.60 Å². The first-order valence-electron chi connectivity index (χ1n) is 9.14. The number of hydrogen-bond donors (Lipinski definition) is 0. The van der Waals surface area contributed by atoms with Crippen molar-refractivity contribution in [1.82, 2.24) is 14.7 Å². The Morgan fingerprint density at radius 1 is 1.42 bits per heavy atom. The predicted molar refractivity (Wildman–Crippen MR) is 94.0 cm³/mol. The Hall–Kier alpha value is -2.12. The van der Waals surface area contributed by atoms with Crippen LogP contribution in [0.1, 0.15) is 34.7 Å². The van der Waals surface area contributed by atoms with Gasteiger partial charge in [0.05, 0.1) is 38.0 Å². The lowest BCUT2D eigenvalue weighted by Crippen LogP contribution is -2.47. The normalized spacial score (nSPS) is 26.4. The maximum atomic E-state index is 13.0. The molecule has 4 heterocycles. The second kappa shape index (κ2) is 6.89. The van der Waals surface area contributed by atoms with Crippen molar-refractivity contribution in [1.29, 1.82) is 0 Å². The van der Waals surface area contributed by atoms with Gasteiger partial charge in [-0.15, -0.1) is 0 Å². The molecule has 0 N–H and O–H groups in total. The number of aromatic nitrogens is 2. The SMILES string of the molecule is Cc1cc(C(=O)N2CCOCC3(CCC(Cn4cccn4)O3)C2)c(C)o1. The van der Waals surface area contributed by atoms with Crippen LogP contribution in [0.4, 0.5) is 0 Å². The van der Waals surface area contributed by atoms with Gasteiger partial charge in [0.1, 0.15) is 17.1 Å². The number of rotatable bonds is 3. The second-order valence-corrected chi connectivity index (χ2v) is 7.30. The van der Waals surface area contributed by atoms with Crippen LogP contribution in [0.3, 0.4) is 0 Å². The average Bonchev–Trinajstić information content (AvgIpc) is 3.28. The molecule has 2 unspecified atom stereocenters. The van der Waals surface area contributed by atoms with E-state index in [1.165, 1.54) is 0 Å². The molecule has 1 amide bonds. The van der Waals surface area contributed by atoms with Crippen molar-refractivity contribution in [3.8, 4) is 0 Å². The third kappa shape index (κ3) is 3.41. The molecule has 0 bridgehead atoms. The van der Waals surface area contributed by atoms with Crippen LogP contribution in [0.25, 0.3) is 0 Å². The highest BCUT2D eigenvalue weighted by molar-refractivity contribution is 5.95. The van der Waals surface area contributed by atoms with Gasteiger partial charge in [-0.05, 0) is 38.8 Å². The minimum Gasteiger partial charge on any atom is -0.466 e. The Balaban J connectivity index is 1.47. The third-order valence-electron chi connectivity index (χ3n) is 5.20. The van der Waals surface area contributed by atoms with E-state index in [1.54, 1.807) is 6.20 Å². The predicted octanol–water partition coefficient (Wildman–Crippen LogP) is 2.18. The number of hydrogen-bond acceptors (Lipinski definition) is 5. The summed E-state index contributed by atoms with van der Waals surface area (Å²) in [6.07, 6.45) is 5.63. The number of carbonyl (C=O) groups excluding carboxylic acids is 1. The van der Waals surface area contributed by atoms with Crippen molar-refractivity contribution >= 4 is 5.91 Å². The summed E-state index contributed by atoms with van der Waals surface area (Å²) in [4.78, 5) is 14.9. The van der Waals surface area contributed by atoms with Crippen LogP contribution in [-0.4, -0.2) is 58.6 Å². The van der Waals surface area contributed by atoms with Gasteiger partial charge in [-0.25, -0.2) is 0 Å². The quantitative estimate of drug-likeness (QED) is 0.840. The van der Waals surface area contributed by atoms with Crippen molar-refractivity contribution in [2.45, 2.75) is 44.9 Å². The summed E-state index contributed by atoms with van der Waals surface area (Å²) in [5.41, 5.74) is 0.196. The topological polar surface area (TPSA) is 69.7 Å². The number of amides is 1. The Kier molecular flexibility index (Phi) is 4.58. The molecule has 2 saturated heterocycles. The largest absolute Gasteiger partial charge is 0.466 e. The number of ether oxygens (including phenoxy) is 2. The Labute approximate surface area is 152 Å². The smallest absolute Gasteiger partial charge is 0.257 e. The molecule has 2 aliphatic heterocycles. The first-order chi connectivity index (χ1) is 12.5. The zero-order valence-electron chi connectivity index (χ0n) is 15.3. The van der Waals surface area contributed by atoms with Gasteiger partial charge in [-0.2, -0.15) is 5.10 Å². The molecule has 140 valence electrons. The van der Waals surface area contributed by atoms with E-state index in [4.69, 9.17) is 13.9 Å². The lowest BCUT2D eigenvalue weighted by molar-refractivity contribution is -0.0881. The van der Waals surface area contributed by atoms with Gasteiger partial charge in [0.2, 0.25) is 0 Å². The van der Waals surface area contributed by atoms with E-state index in [0.717, 1.165) is 25.1 Å². The molecule has 1 spiro atoms. The van der Waals surface area contributed by atoms with E-state index in [-0.39, 0.29) is 12.0 Å². The van der Waals surface area contributed by atoms with Crippen LogP contribution in [0.2, 0.25) is 0 Å². The van der Waals surface area contributed by atoms with Gasteiger partial charge < -0.3 is 18.8 Å². The summed E-state index contributed by atoms with van der Waals surface area (Å²) in [5, 5.41) is 4.26. The summed E-state index contributed by atoms with van der Waals surface area (Å²) in [7, 11) is 0. The number of carbonyl (C=O) groups is 1. The Bertz CT molecular complexity index is 770. The van der Waals surface area contributed by atoms with Crippen LogP contribution in [0.15, 0.2) is 28.9 Å². The summed E-state index contributed by atoms with van der Waals surface area (Å²) < 4.78 is 19.6. The molecule has 0 aromatic carbocycles. The lowest BCUT2D eigenvalue weighted by Gasteiger charge is -2.32. The second-order valence-electron chi connectivity index (χ2n) is 7.30. The van der Waals surface area contributed by atoms with Crippen molar-refractivity contribution in [3.05, 3.63) is 41.6 Å². The average molecular weight is 359 g/mol. The molecule has 2 fully saturated rings. The van der Waals surface area contributed by atoms with E-state index >= 15 is 0 Å². The fourth-order valence-electron chi connectivity index (χ4n) is 3.96. The fraction of sp³-hybridized carbons (Fsp3) is 0.579.